The van der Waals surface area contributed by atoms with Gasteiger partial charge in [0.05, 0.1) is 16.7 Å². The number of benzene rings is 7. The van der Waals surface area contributed by atoms with E-state index in [-0.39, 0.29) is 0 Å². The molecule has 0 atom stereocenters. The molecule has 1 nitrogen and oxygen atoms in total. The van der Waals surface area contributed by atoms with Crippen LogP contribution in [-0.2, 0) is 0 Å². The number of nitrogens with zero attached hydrogens (tertiary/aromatic N) is 1. The van der Waals surface area contributed by atoms with Crippen molar-refractivity contribution in [3.63, 3.8) is 0 Å². The second-order valence-corrected chi connectivity index (χ2v) is 12.4. The number of thiophene rings is 1. The van der Waals surface area contributed by atoms with Crippen molar-refractivity contribution < 1.29 is 0 Å². The third kappa shape index (κ3) is 4.00. The van der Waals surface area contributed by atoms with Crippen molar-refractivity contribution in [1.82, 2.24) is 4.57 Å². The van der Waals surface area contributed by atoms with E-state index in [4.69, 9.17) is 0 Å². The molecule has 206 valence electrons. The van der Waals surface area contributed by atoms with Crippen molar-refractivity contribution in [3.8, 4) is 39.1 Å². The molecule has 0 amide bonds. The average molecular weight is 578 g/mol. The largest absolute Gasteiger partial charge is 0.309 e. The summed E-state index contributed by atoms with van der Waals surface area (Å²) >= 11 is 1.87. The Balaban J connectivity index is 1.25. The van der Waals surface area contributed by atoms with E-state index in [1.165, 1.54) is 81.0 Å². The summed E-state index contributed by atoms with van der Waals surface area (Å²) in [6.07, 6.45) is 0. The van der Waals surface area contributed by atoms with Crippen LogP contribution in [0.1, 0.15) is 0 Å². The first-order valence-corrected chi connectivity index (χ1v) is 15.8. The summed E-state index contributed by atoms with van der Waals surface area (Å²) in [5, 5.41) is 5.19. The first kappa shape index (κ1) is 25.1. The zero-order valence-electron chi connectivity index (χ0n) is 23.9. The topological polar surface area (TPSA) is 4.93 Å². The number of aromatic nitrogens is 1. The minimum absolute atomic E-state index is 1.19. The summed E-state index contributed by atoms with van der Waals surface area (Å²) in [6, 6.07) is 59.7. The second-order valence-electron chi connectivity index (χ2n) is 11.4. The van der Waals surface area contributed by atoms with Crippen molar-refractivity contribution >= 4 is 53.3 Å². The van der Waals surface area contributed by atoms with Gasteiger partial charge in [-0.1, -0.05) is 127 Å². The zero-order chi connectivity index (χ0) is 29.0. The molecule has 0 fully saturated rings. The van der Waals surface area contributed by atoms with Gasteiger partial charge in [-0.25, -0.2) is 0 Å². The van der Waals surface area contributed by atoms with E-state index in [2.05, 4.69) is 168 Å². The van der Waals surface area contributed by atoms with Crippen LogP contribution in [0.4, 0.5) is 0 Å². The summed E-state index contributed by atoms with van der Waals surface area (Å²) in [6.45, 7) is 0. The normalized spacial score (nSPS) is 11.6. The van der Waals surface area contributed by atoms with Crippen LogP contribution in [0.2, 0.25) is 0 Å². The lowest BCUT2D eigenvalue weighted by Gasteiger charge is -2.15. The molecule has 0 saturated carbocycles. The molecule has 2 heteroatoms. The summed E-state index contributed by atoms with van der Waals surface area (Å²) in [7, 11) is 0. The minimum atomic E-state index is 1.19. The van der Waals surface area contributed by atoms with E-state index in [1.807, 2.05) is 11.3 Å². The Morgan fingerprint density at radius 1 is 0.341 bits per heavy atom. The van der Waals surface area contributed by atoms with Crippen LogP contribution in [0.15, 0.2) is 164 Å². The number of fused-ring (bicyclic) bond motifs is 6. The molecule has 0 spiro atoms. The van der Waals surface area contributed by atoms with Crippen molar-refractivity contribution in [2.24, 2.45) is 0 Å². The summed E-state index contributed by atoms with van der Waals surface area (Å²) in [5.41, 5.74) is 11.0. The third-order valence-electron chi connectivity index (χ3n) is 8.81. The predicted octanol–water partition coefficient (Wildman–Crippen LogP) is 12.2. The Hall–Kier alpha value is -5.44. The monoisotopic (exact) mass is 577 g/mol. The predicted molar refractivity (Wildman–Crippen MR) is 190 cm³/mol. The van der Waals surface area contributed by atoms with Crippen LogP contribution in [0.3, 0.4) is 0 Å². The summed E-state index contributed by atoms with van der Waals surface area (Å²) < 4.78 is 5.11. The van der Waals surface area contributed by atoms with Gasteiger partial charge in [-0.15, -0.1) is 11.3 Å². The van der Waals surface area contributed by atoms with Gasteiger partial charge < -0.3 is 4.57 Å². The van der Waals surface area contributed by atoms with Crippen molar-refractivity contribution in [2.45, 2.75) is 0 Å². The molecule has 9 aromatic rings. The highest BCUT2D eigenvalue weighted by atomic mass is 32.1. The fourth-order valence-corrected chi connectivity index (χ4v) is 7.87. The Morgan fingerprint density at radius 3 is 1.86 bits per heavy atom. The van der Waals surface area contributed by atoms with Crippen LogP contribution < -0.4 is 0 Å². The fourth-order valence-electron chi connectivity index (χ4n) is 6.72. The van der Waals surface area contributed by atoms with E-state index >= 15 is 0 Å². The van der Waals surface area contributed by atoms with Gasteiger partial charge in [0.1, 0.15) is 0 Å². The van der Waals surface area contributed by atoms with Gasteiger partial charge in [-0.3, -0.25) is 0 Å². The molecule has 0 saturated heterocycles. The number of rotatable bonds is 4. The summed E-state index contributed by atoms with van der Waals surface area (Å²) in [4.78, 5) is 0. The van der Waals surface area contributed by atoms with Crippen LogP contribution >= 0.6 is 11.3 Å². The SMILES string of the molecule is c1ccc(-c2cccc(-c3ccc4c5ccccc5n(-c5ccccc5-c5ccc6c(c5)sc5ccccc56)c4c3)c2)cc1. The molecule has 0 N–H and O–H groups in total. The van der Waals surface area contributed by atoms with Gasteiger partial charge in [0.2, 0.25) is 0 Å². The fraction of sp³-hybridized carbons (Fsp3) is 0. The van der Waals surface area contributed by atoms with Crippen LogP contribution in [-0.4, -0.2) is 4.57 Å². The first-order chi connectivity index (χ1) is 21.8. The molecular weight excluding hydrogens is 551 g/mol. The molecule has 9 rings (SSSR count). The molecule has 0 unspecified atom stereocenters. The molecule has 0 radical (unpaired) electrons. The molecule has 2 aromatic heterocycles. The quantitative estimate of drug-likeness (QED) is 0.196. The Kier molecular flexibility index (Phi) is 5.75. The van der Waals surface area contributed by atoms with E-state index in [0.717, 1.165) is 0 Å². The van der Waals surface area contributed by atoms with Gasteiger partial charge >= 0.3 is 0 Å². The maximum absolute atomic E-state index is 2.46. The second kappa shape index (κ2) is 10.1. The van der Waals surface area contributed by atoms with Gasteiger partial charge in [0.15, 0.2) is 0 Å². The third-order valence-corrected chi connectivity index (χ3v) is 9.95. The lowest BCUT2D eigenvalue weighted by Crippen LogP contribution is -1.97. The molecular formula is C42H27NS. The number of hydrogen-bond donors (Lipinski definition) is 0. The smallest absolute Gasteiger partial charge is 0.0547 e. The first-order valence-electron chi connectivity index (χ1n) is 15.0. The Labute approximate surface area is 259 Å². The lowest BCUT2D eigenvalue weighted by molar-refractivity contribution is 1.18. The zero-order valence-corrected chi connectivity index (χ0v) is 24.8. The molecule has 0 aliphatic rings. The van der Waals surface area contributed by atoms with Gasteiger partial charge in [0.25, 0.3) is 0 Å². The molecule has 2 heterocycles. The van der Waals surface area contributed by atoms with Crippen LogP contribution in [0.25, 0.3) is 81.0 Å². The van der Waals surface area contributed by atoms with Crippen LogP contribution in [0.5, 0.6) is 0 Å². The van der Waals surface area contributed by atoms with Gasteiger partial charge in [0, 0.05) is 36.5 Å². The minimum Gasteiger partial charge on any atom is -0.309 e. The molecule has 7 aromatic carbocycles. The van der Waals surface area contributed by atoms with E-state index in [1.54, 1.807) is 0 Å². The van der Waals surface area contributed by atoms with E-state index in [0.29, 0.717) is 0 Å². The molecule has 0 aliphatic carbocycles. The Morgan fingerprint density at radius 2 is 0.955 bits per heavy atom. The van der Waals surface area contributed by atoms with Gasteiger partial charge in [-0.05, 0) is 64.2 Å². The maximum Gasteiger partial charge on any atom is 0.0547 e. The molecule has 0 aliphatic heterocycles. The standard InChI is InChI=1S/C42H27NS/c1-2-11-28(12-3-1)29-13-10-14-30(25-29)31-21-23-35-34-16-5-8-19-39(34)43(40(35)26-31)38-18-7-4-15-33(38)32-22-24-37-36-17-6-9-20-41(36)44-42(37)27-32/h1-27H. The Bertz CT molecular complexity index is 2500. The maximum atomic E-state index is 2.46. The summed E-state index contributed by atoms with van der Waals surface area (Å²) in [5.74, 6) is 0. The van der Waals surface area contributed by atoms with Crippen LogP contribution in [0, 0.1) is 0 Å². The van der Waals surface area contributed by atoms with E-state index < -0.39 is 0 Å². The van der Waals surface area contributed by atoms with Crippen molar-refractivity contribution in [1.29, 1.82) is 0 Å². The molecule has 0 bridgehead atoms. The van der Waals surface area contributed by atoms with Crippen molar-refractivity contribution in [3.05, 3.63) is 164 Å². The van der Waals surface area contributed by atoms with Crippen molar-refractivity contribution in [2.75, 3.05) is 0 Å². The number of para-hydroxylation sites is 2. The highest BCUT2D eigenvalue weighted by molar-refractivity contribution is 7.25. The highest BCUT2D eigenvalue weighted by Crippen LogP contribution is 2.40. The highest BCUT2D eigenvalue weighted by Gasteiger charge is 2.17. The van der Waals surface area contributed by atoms with E-state index in [9.17, 15) is 0 Å². The molecule has 44 heavy (non-hydrogen) atoms. The van der Waals surface area contributed by atoms with Gasteiger partial charge in [-0.2, -0.15) is 0 Å². The number of hydrogen-bond acceptors (Lipinski definition) is 1. The lowest BCUT2D eigenvalue weighted by atomic mass is 9.98. The average Bonchev–Trinajstić information content (AvgIpc) is 3.63.